The maximum Gasteiger partial charge on any atom is 0.337 e. The molecule has 1 amide bonds. The Kier molecular flexibility index (Phi) is 5.25. The first-order valence-corrected chi connectivity index (χ1v) is 9.55. The van der Waals surface area contributed by atoms with Gasteiger partial charge in [-0.15, -0.1) is 0 Å². The summed E-state index contributed by atoms with van der Waals surface area (Å²) < 4.78 is 6.50. The number of hydrogen-bond acceptors (Lipinski definition) is 4. The van der Waals surface area contributed by atoms with Gasteiger partial charge in [0.2, 0.25) is 5.91 Å². The summed E-state index contributed by atoms with van der Waals surface area (Å²) in [6.07, 6.45) is 0. The van der Waals surface area contributed by atoms with E-state index in [1.165, 1.54) is 25.3 Å². The number of esters is 1. The van der Waals surface area contributed by atoms with Gasteiger partial charge in [-0.2, -0.15) is 0 Å². The average Bonchev–Trinajstić information content (AvgIpc) is 2.77. The Hall–Kier alpha value is -3.64. The molecule has 1 heterocycles. The van der Waals surface area contributed by atoms with Crippen LogP contribution in [0.15, 0.2) is 71.5 Å². The van der Waals surface area contributed by atoms with Crippen molar-refractivity contribution in [3.63, 3.8) is 0 Å². The van der Waals surface area contributed by atoms with Crippen molar-refractivity contribution >= 4 is 51.0 Å². The van der Waals surface area contributed by atoms with Crippen LogP contribution in [0.2, 0.25) is 5.02 Å². The lowest BCUT2D eigenvalue weighted by Gasteiger charge is -2.15. The minimum atomic E-state index is -0.528. The van der Waals surface area contributed by atoms with Crippen LogP contribution in [0.25, 0.3) is 21.8 Å². The number of rotatable bonds is 4. The largest absolute Gasteiger partial charge is 0.465 e. The number of anilines is 1. The minimum Gasteiger partial charge on any atom is -0.465 e. The summed E-state index contributed by atoms with van der Waals surface area (Å²) in [7, 11) is 1.28. The van der Waals surface area contributed by atoms with Crippen molar-refractivity contribution in [2.75, 3.05) is 12.4 Å². The first-order valence-electron chi connectivity index (χ1n) is 9.17. The zero-order valence-corrected chi connectivity index (χ0v) is 16.8. The number of hydrogen-bond donors (Lipinski definition) is 1. The number of fused-ring (bicyclic) bond motifs is 2. The molecule has 6 nitrogen and oxygen atoms in total. The molecule has 1 N–H and O–H groups in total. The van der Waals surface area contributed by atoms with Crippen LogP contribution < -0.4 is 10.7 Å². The highest BCUT2D eigenvalue weighted by Gasteiger charge is 2.15. The smallest absolute Gasteiger partial charge is 0.337 e. The Morgan fingerprint density at radius 2 is 1.57 bits per heavy atom. The number of pyridine rings is 1. The van der Waals surface area contributed by atoms with Crippen molar-refractivity contribution in [1.82, 2.24) is 4.57 Å². The number of halogens is 1. The number of methoxy groups -OCH3 is 1. The van der Waals surface area contributed by atoms with Gasteiger partial charge in [-0.25, -0.2) is 4.79 Å². The molecule has 3 aromatic carbocycles. The highest BCUT2D eigenvalue weighted by Crippen LogP contribution is 2.24. The zero-order chi connectivity index (χ0) is 21.3. The number of carbonyl (C=O) groups excluding carboxylic acids is 2. The number of para-hydroxylation sites is 2. The molecule has 0 saturated heterocycles. The Morgan fingerprint density at radius 3 is 2.17 bits per heavy atom. The van der Waals surface area contributed by atoms with E-state index in [9.17, 15) is 14.4 Å². The third kappa shape index (κ3) is 3.53. The van der Waals surface area contributed by atoms with Crippen molar-refractivity contribution in [2.24, 2.45) is 0 Å². The van der Waals surface area contributed by atoms with Crippen LogP contribution in [0.5, 0.6) is 0 Å². The highest BCUT2D eigenvalue weighted by molar-refractivity contribution is 6.33. The Balaban J connectivity index is 1.75. The van der Waals surface area contributed by atoms with Crippen LogP contribution >= 0.6 is 11.6 Å². The number of nitrogens with zero attached hydrogens (tertiary/aromatic N) is 1. The average molecular weight is 421 g/mol. The van der Waals surface area contributed by atoms with Crippen molar-refractivity contribution in [1.29, 1.82) is 0 Å². The number of ether oxygens (including phenoxy) is 1. The number of amides is 1. The van der Waals surface area contributed by atoms with Gasteiger partial charge in [0.05, 0.1) is 34.4 Å². The quantitative estimate of drug-likeness (QED) is 0.396. The molecule has 7 heteroatoms. The lowest BCUT2D eigenvalue weighted by Crippen LogP contribution is -2.22. The van der Waals surface area contributed by atoms with Crippen LogP contribution in [0.4, 0.5) is 5.69 Å². The van der Waals surface area contributed by atoms with Gasteiger partial charge in [-0.1, -0.05) is 35.9 Å². The van der Waals surface area contributed by atoms with E-state index in [1.54, 1.807) is 41.0 Å². The van der Waals surface area contributed by atoms with Gasteiger partial charge in [-0.05, 0) is 42.5 Å². The molecule has 4 rings (SSSR count). The third-order valence-electron chi connectivity index (χ3n) is 4.84. The van der Waals surface area contributed by atoms with Gasteiger partial charge in [0.25, 0.3) is 0 Å². The molecule has 0 fully saturated rings. The molecule has 30 heavy (non-hydrogen) atoms. The normalized spacial score (nSPS) is 10.9. The lowest BCUT2D eigenvalue weighted by atomic mass is 10.1. The molecule has 4 aromatic rings. The summed E-state index contributed by atoms with van der Waals surface area (Å²) in [6, 6.07) is 18.8. The Labute approximate surface area is 176 Å². The third-order valence-corrected chi connectivity index (χ3v) is 5.17. The lowest BCUT2D eigenvalue weighted by molar-refractivity contribution is -0.116. The van der Waals surface area contributed by atoms with E-state index in [1.807, 2.05) is 12.1 Å². The zero-order valence-electron chi connectivity index (χ0n) is 16.0. The van der Waals surface area contributed by atoms with Crippen LogP contribution in [-0.4, -0.2) is 23.6 Å². The predicted octanol–water partition coefficient (Wildman–Crippen LogP) is 4.23. The van der Waals surface area contributed by atoms with E-state index in [0.29, 0.717) is 32.5 Å². The number of benzene rings is 3. The van der Waals surface area contributed by atoms with E-state index < -0.39 is 5.97 Å². The fourth-order valence-electron chi connectivity index (χ4n) is 3.45. The van der Waals surface area contributed by atoms with Crippen LogP contribution in [0, 0.1) is 0 Å². The molecule has 0 aliphatic heterocycles. The fourth-order valence-corrected chi connectivity index (χ4v) is 3.61. The molecule has 0 unspecified atom stereocenters. The van der Waals surface area contributed by atoms with Crippen molar-refractivity contribution in [3.05, 3.63) is 87.5 Å². The molecule has 0 aliphatic carbocycles. The topological polar surface area (TPSA) is 77.4 Å². The Bertz CT molecular complexity index is 1300. The molecule has 0 aliphatic rings. The van der Waals surface area contributed by atoms with Gasteiger partial charge in [0, 0.05) is 10.8 Å². The first-order chi connectivity index (χ1) is 14.5. The standard InChI is InChI=1S/C23H17ClN2O4/c1-30-23(29)14-10-11-17(24)18(12-14)25-21(27)13-26-19-8-4-2-6-15(19)22(28)16-7-3-5-9-20(16)26/h2-12H,13H2,1H3,(H,25,27). The molecule has 0 saturated carbocycles. The number of aromatic nitrogens is 1. The minimum absolute atomic E-state index is 0.0416. The maximum absolute atomic E-state index is 12.9. The van der Waals surface area contributed by atoms with Gasteiger partial charge in [0.1, 0.15) is 6.54 Å². The highest BCUT2D eigenvalue weighted by atomic mass is 35.5. The summed E-state index contributed by atoms with van der Waals surface area (Å²) in [5.41, 5.74) is 1.82. The van der Waals surface area contributed by atoms with E-state index in [2.05, 4.69) is 5.32 Å². The molecule has 150 valence electrons. The van der Waals surface area contributed by atoms with Gasteiger partial charge < -0.3 is 14.6 Å². The fraction of sp³-hybridized carbons (Fsp3) is 0.0870. The number of nitrogens with one attached hydrogen (secondary N) is 1. The molecule has 0 spiro atoms. The van der Waals surface area contributed by atoms with Crippen LogP contribution in [-0.2, 0) is 16.1 Å². The molecular weight excluding hydrogens is 404 g/mol. The SMILES string of the molecule is COC(=O)c1ccc(Cl)c(NC(=O)Cn2c3ccccc3c(=O)c3ccccc32)c1. The summed E-state index contributed by atoms with van der Waals surface area (Å²) in [5, 5.41) is 4.11. The monoisotopic (exact) mass is 420 g/mol. The summed E-state index contributed by atoms with van der Waals surface area (Å²) >= 11 is 6.19. The van der Waals surface area contributed by atoms with E-state index >= 15 is 0 Å². The van der Waals surface area contributed by atoms with Crippen LogP contribution in [0.1, 0.15) is 10.4 Å². The second kappa shape index (κ2) is 8.00. The number of carbonyl (C=O) groups is 2. The molecule has 0 bridgehead atoms. The van der Waals surface area contributed by atoms with E-state index in [0.717, 1.165) is 0 Å². The van der Waals surface area contributed by atoms with Gasteiger partial charge in [-0.3, -0.25) is 9.59 Å². The Morgan fingerprint density at radius 1 is 0.967 bits per heavy atom. The van der Waals surface area contributed by atoms with E-state index in [-0.39, 0.29) is 23.4 Å². The summed E-state index contributed by atoms with van der Waals surface area (Å²) in [4.78, 5) is 37.5. The summed E-state index contributed by atoms with van der Waals surface area (Å²) in [6.45, 7) is -0.0416. The molecule has 0 radical (unpaired) electrons. The van der Waals surface area contributed by atoms with Crippen molar-refractivity contribution in [3.8, 4) is 0 Å². The second-order valence-corrected chi connectivity index (χ2v) is 7.09. The van der Waals surface area contributed by atoms with Gasteiger partial charge in [0.15, 0.2) is 5.43 Å². The van der Waals surface area contributed by atoms with E-state index in [4.69, 9.17) is 16.3 Å². The maximum atomic E-state index is 12.9. The van der Waals surface area contributed by atoms with Crippen molar-refractivity contribution < 1.29 is 14.3 Å². The first kappa shape index (κ1) is 19.7. The van der Waals surface area contributed by atoms with Crippen LogP contribution in [0.3, 0.4) is 0 Å². The molecular formula is C23H17ClN2O4. The second-order valence-electron chi connectivity index (χ2n) is 6.68. The van der Waals surface area contributed by atoms with Crippen molar-refractivity contribution in [2.45, 2.75) is 6.54 Å². The molecule has 1 aromatic heterocycles. The van der Waals surface area contributed by atoms with Gasteiger partial charge >= 0.3 is 5.97 Å². The predicted molar refractivity (Wildman–Crippen MR) is 117 cm³/mol. The molecule has 0 atom stereocenters. The summed E-state index contributed by atoms with van der Waals surface area (Å²) in [5.74, 6) is -0.877.